The van der Waals surface area contributed by atoms with Crippen molar-refractivity contribution in [2.45, 2.75) is 53.1 Å². The van der Waals surface area contributed by atoms with Gasteiger partial charge in [0.1, 0.15) is 0 Å². The summed E-state index contributed by atoms with van der Waals surface area (Å²) in [6.07, 6.45) is 1.10. The van der Waals surface area contributed by atoms with Gasteiger partial charge in [-0.2, -0.15) is 0 Å². The Kier molecular flexibility index (Phi) is 7.11. The zero-order valence-electron chi connectivity index (χ0n) is 13.1. The Balaban J connectivity index is 2.61. The third-order valence-electron chi connectivity index (χ3n) is 3.66. The summed E-state index contributed by atoms with van der Waals surface area (Å²) in [5, 5.41) is 3.68. The lowest BCUT2D eigenvalue weighted by atomic mass is 10.0. The summed E-state index contributed by atoms with van der Waals surface area (Å²) >= 11 is 0. The van der Waals surface area contributed by atoms with Gasteiger partial charge in [-0.1, -0.05) is 45.0 Å². The van der Waals surface area contributed by atoms with Crippen molar-refractivity contribution < 1.29 is 4.74 Å². The Bertz CT molecular complexity index is 345. The van der Waals surface area contributed by atoms with E-state index >= 15 is 0 Å². The highest BCUT2D eigenvalue weighted by Crippen LogP contribution is 2.16. The molecule has 1 rings (SSSR count). The summed E-state index contributed by atoms with van der Waals surface area (Å²) in [6.45, 7) is 12.5. The van der Waals surface area contributed by atoms with E-state index < -0.39 is 0 Å². The van der Waals surface area contributed by atoms with E-state index in [2.05, 4.69) is 57.3 Å². The van der Waals surface area contributed by atoms with Gasteiger partial charge in [0.2, 0.25) is 0 Å². The lowest BCUT2D eigenvalue weighted by molar-refractivity contribution is 0.104. The highest BCUT2D eigenvalue weighted by atomic mass is 16.5. The van der Waals surface area contributed by atoms with E-state index in [1.54, 1.807) is 0 Å². The van der Waals surface area contributed by atoms with Crippen molar-refractivity contribution in [2.75, 3.05) is 13.2 Å². The summed E-state index contributed by atoms with van der Waals surface area (Å²) in [7, 11) is 0. The van der Waals surface area contributed by atoms with Crippen LogP contribution >= 0.6 is 0 Å². The number of rotatable bonds is 8. The molecule has 2 heteroatoms. The van der Waals surface area contributed by atoms with Gasteiger partial charge in [-0.15, -0.1) is 0 Å². The van der Waals surface area contributed by atoms with Gasteiger partial charge in [0, 0.05) is 18.7 Å². The summed E-state index contributed by atoms with van der Waals surface area (Å²) < 4.78 is 5.57. The van der Waals surface area contributed by atoms with Gasteiger partial charge in [0.15, 0.2) is 0 Å². The molecule has 19 heavy (non-hydrogen) atoms. The zero-order valence-corrected chi connectivity index (χ0v) is 13.1. The van der Waals surface area contributed by atoms with E-state index in [1.807, 2.05) is 6.92 Å². The van der Waals surface area contributed by atoms with E-state index in [1.165, 1.54) is 11.1 Å². The molecule has 0 fully saturated rings. The van der Waals surface area contributed by atoms with Crippen LogP contribution in [0.2, 0.25) is 0 Å². The van der Waals surface area contributed by atoms with Gasteiger partial charge >= 0.3 is 0 Å². The minimum absolute atomic E-state index is 0.360. The maximum absolute atomic E-state index is 5.57. The Hall–Kier alpha value is -0.860. The van der Waals surface area contributed by atoms with Gasteiger partial charge in [-0.05, 0) is 37.3 Å². The molecule has 108 valence electrons. The first kappa shape index (κ1) is 16.2. The molecule has 0 heterocycles. The normalized spacial score (nSPS) is 14.6. The molecule has 2 atom stereocenters. The Morgan fingerprint density at radius 3 is 2.16 bits per heavy atom. The van der Waals surface area contributed by atoms with Crippen LogP contribution in [0.4, 0.5) is 0 Å². The second-order valence-corrected chi connectivity index (χ2v) is 5.49. The zero-order chi connectivity index (χ0) is 14.3. The Labute approximate surface area is 118 Å². The van der Waals surface area contributed by atoms with E-state index in [0.717, 1.165) is 19.6 Å². The minimum atomic E-state index is 0.360. The van der Waals surface area contributed by atoms with Gasteiger partial charge in [0.25, 0.3) is 0 Å². The first-order valence-electron chi connectivity index (χ1n) is 7.51. The van der Waals surface area contributed by atoms with E-state index in [-0.39, 0.29) is 0 Å². The molecule has 0 aliphatic rings. The summed E-state index contributed by atoms with van der Waals surface area (Å²) in [6, 6.07) is 9.67. The minimum Gasteiger partial charge on any atom is -0.380 e. The lowest BCUT2D eigenvalue weighted by Gasteiger charge is -2.26. The third kappa shape index (κ3) is 5.33. The first-order valence-corrected chi connectivity index (χ1v) is 7.51. The van der Waals surface area contributed by atoms with Crippen LogP contribution in [0.1, 0.15) is 51.8 Å². The number of hydrogen-bond donors (Lipinski definition) is 1. The standard InChI is InChI=1S/C17H29NO/c1-6-15-8-10-16(11-9-15)14(5)18-17(13(3)4)12-19-7-2/h8-11,13-14,17-18H,6-7,12H2,1-5H3. The molecule has 2 unspecified atom stereocenters. The molecule has 2 nitrogen and oxygen atoms in total. The van der Waals surface area contributed by atoms with Crippen LogP contribution in [0.15, 0.2) is 24.3 Å². The molecule has 0 aromatic heterocycles. The Morgan fingerprint density at radius 1 is 1.05 bits per heavy atom. The number of aryl methyl sites for hydroxylation is 1. The molecule has 0 aliphatic carbocycles. The van der Waals surface area contributed by atoms with Crippen molar-refractivity contribution in [3.8, 4) is 0 Å². The van der Waals surface area contributed by atoms with Gasteiger partial charge in [0.05, 0.1) is 6.61 Å². The van der Waals surface area contributed by atoms with Crippen LogP contribution in [-0.4, -0.2) is 19.3 Å². The number of hydrogen-bond acceptors (Lipinski definition) is 2. The summed E-state index contributed by atoms with van der Waals surface area (Å²) in [4.78, 5) is 0. The van der Waals surface area contributed by atoms with Crippen LogP contribution in [0, 0.1) is 5.92 Å². The van der Waals surface area contributed by atoms with Crippen LogP contribution in [0.3, 0.4) is 0 Å². The first-order chi connectivity index (χ1) is 9.08. The highest BCUT2D eigenvalue weighted by Gasteiger charge is 2.16. The molecule has 0 spiro atoms. The average Bonchev–Trinajstić information content (AvgIpc) is 2.43. The second kappa shape index (κ2) is 8.34. The molecular weight excluding hydrogens is 234 g/mol. The topological polar surface area (TPSA) is 21.3 Å². The lowest BCUT2D eigenvalue weighted by Crippen LogP contribution is -2.39. The molecule has 0 saturated heterocycles. The fourth-order valence-corrected chi connectivity index (χ4v) is 2.14. The summed E-state index contributed by atoms with van der Waals surface area (Å²) in [5.74, 6) is 0.573. The van der Waals surface area contributed by atoms with Crippen LogP contribution in [0.5, 0.6) is 0 Å². The van der Waals surface area contributed by atoms with Crippen molar-refractivity contribution in [1.29, 1.82) is 0 Å². The molecule has 0 saturated carbocycles. The maximum Gasteiger partial charge on any atom is 0.0622 e. The predicted molar refractivity (Wildman–Crippen MR) is 82.5 cm³/mol. The fourth-order valence-electron chi connectivity index (χ4n) is 2.14. The molecule has 0 radical (unpaired) electrons. The van der Waals surface area contributed by atoms with E-state index in [4.69, 9.17) is 4.74 Å². The SMILES string of the molecule is CCOCC(NC(C)c1ccc(CC)cc1)C(C)C. The molecule has 1 N–H and O–H groups in total. The summed E-state index contributed by atoms with van der Waals surface area (Å²) in [5.41, 5.74) is 2.74. The average molecular weight is 263 g/mol. The molecule has 0 aliphatic heterocycles. The monoisotopic (exact) mass is 263 g/mol. The number of ether oxygens (including phenoxy) is 1. The molecular formula is C17H29NO. The smallest absolute Gasteiger partial charge is 0.0622 e. The van der Waals surface area contributed by atoms with Gasteiger partial charge < -0.3 is 10.1 Å². The van der Waals surface area contributed by atoms with Crippen molar-refractivity contribution >= 4 is 0 Å². The van der Waals surface area contributed by atoms with E-state index in [9.17, 15) is 0 Å². The number of nitrogens with one attached hydrogen (secondary N) is 1. The van der Waals surface area contributed by atoms with Crippen molar-refractivity contribution in [2.24, 2.45) is 5.92 Å². The fraction of sp³-hybridized carbons (Fsp3) is 0.647. The van der Waals surface area contributed by atoms with Gasteiger partial charge in [-0.3, -0.25) is 0 Å². The maximum atomic E-state index is 5.57. The molecule has 0 bridgehead atoms. The van der Waals surface area contributed by atoms with Crippen LogP contribution in [-0.2, 0) is 11.2 Å². The third-order valence-corrected chi connectivity index (χ3v) is 3.66. The number of benzene rings is 1. The van der Waals surface area contributed by atoms with Crippen molar-refractivity contribution in [1.82, 2.24) is 5.32 Å². The van der Waals surface area contributed by atoms with Crippen molar-refractivity contribution in [3.63, 3.8) is 0 Å². The highest BCUT2D eigenvalue weighted by molar-refractivity contribution is 5.24. The van der Waals surface area contributed by atoms with Crippen LogP contribution < -0.4 is 5.32 Å². The van der Waals surface area contributed by atoms with Crippen molar-refractivity contribution in [3.05, 3.63) is 35.4 Å². The second-order valence-electron chi connectivity index (χ2n) is 5.49. The van der Waals surface area contributed by atoms with E-state index in [0.29, 0.717) is 18.0 Å². The molecule has 1 aromatic carbocycles. The quantitative estimate of drug-likeness (QED) is 0.766. The molecule has 0 amide bonds. The van der Waals surface area contributed by atoms with Crippen LogP contribution in [0.25, 0.3) is 0 Å². The Morgan fingerprint density at radius 2 is 1.68 bits per heavy atom. The molecule has 1 aromatic rings. The largest absolute Gasteiger partial charge is 0.380 e. The predicted octanol–water partition coefficient (Wildman–Crippen LogP) is 3.96. The van der Waals surface area contributed by atoms with Gasteiger partial charge in [-0.25, -0.2) is 0 Å².